The summed E-state index contributed by atoms with van der Waals surface area (Å²) in [6, 6.07) is 10.7. The molecule has 0 aliphatic carbocycles. The van der Waals surface area contributed by atoms with Gasteiger partial charge in [-0.15, -0.1) is 10.2 Å². The molecule has 0 fully saturated rings. The maximum atomic E-state index is 12.4. The number of hydrogen-bond acceptors (Lipinski definition) is 8. The van der Waals surface area contributed by atoms with E-state index in [1.165, 1.54) is 23.1 Å². The van der Waals surface area contributed by atoms with Crippen LogP contribution in [0.4, 0.5) is 10.8 Å². The van der Waals surface area contributed by atoms with Crippen molar-refractivity contribution in [1.29, 1.82) is 0 Å². The molecule has 2 heterocycles. The first-order chi connectivity index (χ1) is 14.8. The van der Waals surface area contributed by atoms with Crippen molar-refractivity contribution in [2.45, 2.75) is 13.3 Å². The van der Waals surface area contributed by atoms with Crippen LogP contribution in [0.3, 0.4) is 0 Å². The van der Waals surface area contributed by atoms with Gasteiger partial charge in [-0.3, -0.25) is 34.7 Å². The van der Waals surface area contributed by atoms with Gasteiger partial charge in [-0.1, -0.05) is 23.5 Å². The van der Waals surface area contributed by atoms with Crippen molar-refractivity contribution in [2.75, 3.05) is 11.9 Å². The Hall–Kier alpha value is -3.99. The smallest absolute Gasteiger partial charge is 0.272 e. The molecule has 2 aromatic carbocycles. The van der Waals surface area contributed by atoms with Gasteiger partial charge in [-0.05, 0) is 31.2 Å². The molecule has 31 heavy (non-hydrogen) atoms. The first kappa shape index (κ1) is 20.3. The van der Waals surface area contributed by atoms with Gasteiger partial charge in [-0.2, -0.15) is 0 Å². The Labute approximate surface area is 179 Å². The summed E-state index contributed by atoms with van der Waals surface area (Å²) in [5.41, 5.74) is 1.33. The summed E-state index contributed by atoms with van der Waals surface area (Å²) in [6.07, 6.45) is 0.301. The molecule has 1 N–H and O–H groups in total. The van der Waals surface area contributed by atoms with Gasteiger partial charge >= 0.3 is 0 Å². The number of aromatic nitrogens is 2. The third-order valence-corrected chi connectivity index (χ3v) is 5.67. The predicted molar refractivity (Wildman–Crippen MR) is 111 cm³/mol. The van der Waals surface area contributed by atoms with Crippen molar-refractivity contribution in [3.63, 3.8) is 0 Å². The number of hydrogen-bond donors (Lipinski definition) is 1. The van der Waals surface area contributed by atoms with Crippen LogP contribution in [0.1, 0.15) is 41.6 Å². The lowest BCUT2D eigenvalue weighted by Crippen LogP contribution is -2.31. The molecule has 3 aromatic rings. The van der Waals surface area contributed by atoms with E-state index in [2.05, 4.69) is 15.5 Å². The molecule has 0 saturated carbocycles. The summed E-state index contributed by atoms with van der Waals surface area (Å²) < 4.78 is 0. The molecule has 0 spiro atoms. The Balaban J connectivity index is 1.39. The van der Waals surface area contributed by atoms with Crippen molar-refractivity contribution in [3.05, 3.63) is 79.8 Å². The topological polar surface area (TPSA) is 135 Å². The quantitative estimate of drug-likeness (QED) is 0.356. The molecule has 0 atom stereocenters. The highest BCUT2D eigenvalue weighted by Crippen LogP contribution is 2.24. The first-order valence-corrected chi connectivity index (χ1v) is 10.0. The SMILES string of the molecule is Cc1cc(C(=O)Nc2nnc(CCN3C(=O)c4ccccc4C3=O)s2)ccc1[N+](=O)[O-]. The number of fused-ring (bicyclic) bond motifs is 1. The van der Waals surface area contributed by atoms with Crippen LogP contribution in [0, 0.1) is 17.0 Å². The van der Waals surface area contributed by atoms with E-state index in [-0.39, 0.29) is 34.7 Å². The second-order valence-corrected chi connectivity index (χ2v) is 7.83. The van der Waals surface area contributed by atoms with E-state index in [0.29, 0.717) is 28.1 Å². The minimum absolute atomic E-state index is 0.0668. The summed E-state index contributed by atoms with van der Waals surface area (Å²) in [4.78, 5) is 48.8. The summed E-state index contributed by atoms with van der Waals surface area (Å²) in [6.45, 7) is 1.70. The standard InChI is InChI=1S/C20H15N5O5S/c1-11-10-12(6-7-15(11)25(29)30)17(26)21-20-23-22-16(31-20)8-9-24-18(27)13-4-2-3-5-14(13)19(24)28/h2-7,10H,8-9H2,1H3,(H,21,23,26). The second kappa shape index (κ2) is 8.03. The molecule has 0 saturated heterocycles. The van der Waals surface area contributed by atoms with E-state index < -0.39 is 10.8 Å². The van der Waals surface area contributed by atoms with Gasteiger partial charge in [0, 0.05) is 30.2 Å². The zero-order chi connectivity index (χ0) is 22.1. The number of imide groups is 1. The summed E-state index contributed by atoms with van der Waals surface area (Å²) in [5.74, 6) is -1.15. The molecule has 1 aliphatic heterocycles. The Morgan fingerprint density at radius 1 is 1.13 bits per heavy atom. The summed E-state index contributed by atoms with van der Waals surface area (Å²) in [7, 11) is 0. The van der Waals surface area contributed by atoms with Crippen LogP contribution < -0.4 is 5.32 Å². The number of nitrogens with one attached hydrogen (secondary N) is 1. The molecule has 0 bridgehead atoms. The largest absolute Gasteiger partial charge is 0.296 e. The van der Waals surface area contributed by atoms with E-state index in [0.717, 1.165) is 11.3 Å². The predicted octanol–water partition coefficient (Wildman–Crippen LogP) is 2.85. The van der Waals surface area contributed by atoms with Crippen LogP contribution in [0.5, 0.6) is 0 Å². The summed E-state index contributed by atoms with van der Waals surface area (Å²) >= 11 is 1.13. The van der Waals surface area contributed by atoms with Crippen LogP contribution in [-0.2, 0) is 6.42 Å². The zero-order valence-electron chi connectivity index (χ0n) is 16.2. The lowest BCUT2D eigenvalue weighted by molar-refractivity contribution is -0.385. The minimum atomic E-state index is -0.512. The lowest BCUT2D eigenvalue weighted by Gasteiger charge is -2.12. The highest BCUT2D eigenvalue weighted by Gasteiger charge is 2.34. The van der Waals surface area contributed by atoms with Crippen molar-refractivity contribution in [2.24, 2.45) is 0 Å². The number of rotatable bonds is 6. The fraction of sp³-hybridized carbons (Fsp3) is 0.150. The van der Waals surface area contributed by atoms with Gasteiger partial charge in [0.1, 0.15) is 5.01 Å². The maximum Gasteiger partial charge on any atom is 0.272 e. The third kappa shape index (κ3) is 3.90. The van der Waals surface area contributed by atoms with E-state index in [4.69, 9.17) is 0 Å². The fourth-order valence-corrected chi connectivity index (χ4v) is 3.95. The van der Waals surface area contributed by atoms with Gasteiger partial charge in [0.05, 0.1) is 16.1 Å². The van der Waals surface area contributed by atoms with E-state index >= 15 is 0 Å². The van der Waals surface area contributed by atoms with Crippen LogP contribution in [0.25, 0.3) is 0 Å². The van der Waals surface area contributed by atoms with Crippen molar-refractivity contribution in [1.82, 2.24) is 15.1 Å². The van der Waals surface area contributed by atoms with Crippen LogP contribution in [0.2, 0.25) is 0 Å². The number of amides is 3. The van der Waals surface area contributed by atoms with Gasteiger partial charge in [0.15, 0.2) is 0 Å². The Kier molecular flexibility index (Phi) is 5.26. The molecule has 11 heteroatoms. The Bertz CT molecular complexity index is 1200. The molecule has 0 unspecified atom stereocenters. The monoisotopic (exact) mass is 437 g/mol. The number of carbonyl (C=O) groups excluding carboxylic acids is 3. The minimum Gasteiger partial charge on any atom is -0.296 e. The van der Waals surface area contributed by atoms with E-state index in [9.17, 15) is 24.5 Å². The molecule has 0 radical (unpaired) electrons. The molecule has 4 rings (SSSR count). The molecule has 3 amide bonds. The Morgan fingerprint density at radius 3 is 2.42 bits per heavy atom. The fourth-order valence-electron chi connectivity index (χ4n) is 3.23. The van der Waals surface area contributed by atoms with Gasteiger partial charge in [0.2, 0.25) is 5.13 Å². The highest BCUT2D eigenvalue weighted by molar-refractivity contribution is 7.15. The molecule has 1 aromatic heterocycles. The number of nitro benzene ring substituents is 1. The van der Waals surface area contributed by atoms with E-state index in [1.54, 1.807) is 31.2 Å². The molecule has 1 aliphatic rings. The maximum absolute atomic E-state index is 12.4. The van der Waals surface area contributed by atoms with Gasteiger partial charge < -0.3 is 0 Å². The lowest BCUT2D eigenvalue weighted by atomic mass is 10.1. The van der Waals surface area contributed by atoms with Gasteiger partial charge in [-0.25, -0.2) is 0 Å². The van der Waals surface area contributed by atoms with Crippen molar-refractivity contribution in [3.8, 4) is 0 Å². The number of nitrogens with zero attached hydrogens (tertiary/aromatic N) is 4. The van der Waals surface area contributed by atoms with E-state index in [1.807, 2.05) is 0 Å². The summed E-state index contributed by atoms with van der Waals surface area (Å²) in [5, 5.41) is 22.2. The number of anilines is 1. The molecular weight excluding hydrogens is 422 g/mol. The number of carbonyl (C=O) groups is 3. The Morgan fingerprint density at radius 2 is 1.81 bits per heavy atom. The normalized spacial score (nSPS) is 12.7. The highest BCUT2D eigenvalue weighted by atomic mass is 32.1. The van der Waals surface area contributed by atoms with Crippen LogP contribution in [0.15, 0.2) is 42.5 Å². The number of nitro groups is 1. The zero-order valence-corrected chi connectivity index (χ0v) is 17.0. The molecular formula is C20H15N5O5S. The molecule has 10 nitrogen and oxygen atoms in total. The number of aryl methyl sites for hydroxylation is 1. The van der Waals surface area contributed by atoms with Crippen molar-refractivity contribution >= 4 is 39.9 Å². The van der Waals surface area contributed by atoms with Gasteiger partial charge in [0.25, 0.3) is 23.4 Å². The van der Waals surface area contributed by atoms with Crippen LogP contribution >= 0.6 is 11.3 Å². The third-order valence-electron chi connectivity index (χ3n) is 4.77. The van der Waals surface area contributed by atoms with Crippen molar-refractivity contribution < 1.29 is 19.3 Å². The average molecular weight is 437 g/mol. The average Bonchev–Trinajstić information content (AvgIpc) is 3.29. The molecule has 156 valence electrons. The first-order valence-electron chi connectivity index (χ1n) is 9.19. The number of benzene rings is 2. The second-order valence-electron chi connectivity index (χ2n) is 6.77. The van der Waals surface area contributed by atoms with Crippen LogP contribution in [-0.4, -0.2) is 44.3 Å².